The van der Waals surface area contributed by atoms with Gasteiger partial charge in [0, 0.05) is 11.7 Å². The van der Waals surface area contributed by atoms with E-state index in [0.29, 0.717) is 17.0 Å². The number of hydrogen-bond acceptors (Lipinski definition) is 5. The summed E-state index contributed by atoms with van der Waals surface area (Å²) in [6, 6.07) is 7.98. The Hall–Kier alpha value is -2.47. The van der Waals surface area contributed by atoms with Crippen LogP contribution in [0.4, 0.5) is 5.82 Å². The van der Waals surface area contributed by atoms with Crippen LogP contribution in [-0.2, 0) is 0 Å². The molecule has 0 aliphatic rings. The number of benzene rings is 1. The van der Waals surface area contributed by atoms with E-state index >= 15 is 0 Å². The van der Waals surface area contributed by atoms with Crippen LogP contribution in [0.5, 0.6) is 0 Å². The van der Waals surface area contributed by atoms with Gasteiger partial charge in [-0.05, 0) is 24.6 Å². The molecule has 1 atom stereocenters. The maximum atomic E-state index is 5.84. The Balaban J connectivity index is 2.11. The van der Waals surface area contributed by atoms with Crippen molar-refractivity contribution in [3.63, 3.8) is 0 Å². The van der Waals surface area contributed by atoms with Gasteiger partial charge >= 0.3 is 0 Å². The highest BCUT2D eigenvalue weighted by atomic mass is 15.1. The maximum absolute atomic E-state index is 5.84. The van der Waals surface area contributed by atoms with Crippen LogP contribution in [0.25, 0.3) is 16.9 Å². The van der Waals surface area contributed by atoms with Gasteiger partial charge in [-0.2, -0.15) is 0 Å². The zero-order valence-corrected chi connectivity index (χ0v) is 10.5. The van der Waals surface area contributed by atoms with Crippen molar-refractivity contribution in [2.24, 2.45) is 5.73 Å². The van der Waals surface area contributed by atoms with Crippen molar-refractivity contribution in [2.75, 3.05) is 5.73 Å². The van der Waals surface area contributed by atoms with Gasteiger partial charge in [-0.15, -0.1) is 0 Å². The zero-order chi connectivity index (χ0) is 13.4. The molecule has 3 rings (SSSR count). The fraction of sp³-hybridized carbons (Fsp3) is 0.154. The molecule has 6 heteroatoms. The first kappa shape index (κ1) is 11.6. The van der Waals surface area contributed by atoms with Crippen molar-refractivity contribution < 1.29 is 0 Å². The van der Waals surface area contributed by atoms with Gasteiger partial charge in [-0.1, -0.05) is 12.1 Å². The molecule has 0 aliphatic heterocycles. The number of imidazole rings is 1. The van der Waals surface area contributed by atoms with Crippen LogP contribution < -0.4 is 11.5 Å². The summed E-state index contributed by atoms with van der Waals surface area (Å²) >= 11 is 0. The third kappa shape index (κ3) is 1.92. The highest BCUT2D eigenvalue weighted by molar-refractivity contribution is 5.82. The molecule has 6 nitrogen and oxygen atoms in total. The molecule has 0 amide bonds. The molecule has 0 aliphatic carbocycles. The molecule has 19 heavy (non-hydrogen) atoms. The lowest BCUT2D eigenvalue weighted by atomic mass is 10.1. The number of nitrogen functional groups attached to an aromatic ring is 1. The van der Waals surface area contributed by atoms with Crippen LogP contribution >= 0.6 is 0 Å². The Bertz CT molecular complexity index is 714. The van der Waals surface area contributed by atoms with Gasteiger partial charge in [-0.3, -0.25) is 4.57 Å². The molecule has 0 bridgehead atoms. The molecule has 4 N–H and O–H groups in total. The van der Waals surface area contributed by atoms with E-state index in [-0.39, 0.29) is 6.04 Å². The molecule has 1 aromatic carbocycles. The summed E-state index contributed by atoms with van der Waals surface area (Å²) in [7, 11) is 0. The van der Waals surface area contributed by atoms with Crippen LogP contribution in [-0.4, -0.2) is 19.5 Å². The molecule has 3 aromatic rings. The summed E-state index contributed by atoms with van der Waals surface area (Å²) in [4.78, 5) is 12.4. The molecule has 0 saturated carbocycles. The fourth-order valence-electron chi connectivity index (χ4n) is 1.98. The molecular weight excluding hydrogens is 240 g/mol. The lowest BCUT2D eigenvalue weighted by Crippen LogP contribution is -2.05. The van der Waals surface area contributed by atoms with Crippen LogP contribution in [0.15, 0.2) is 36.9 Å². The summed E-state index contributed by atoms with van der Waals surface area (Å²) in [5, 5.41) is 0. The minimum atomic E-state index is 0.0200. The molecule has 2 aromatic heterocycles. The van der Waals surface area contributed by atoms with E-state index in [1.54, 1.807) is 6.33 Å². The predicted octanol–water partition coefficient (Wildman–Crippen LogP) is 1.42. The molecule has 0 radical (unpaired) electrons. The average molecular weight is 254 g/mol. The maximum Gasteiger partial charge on any atom is 0.170 e. The van der Waals surface area contributed by atoms with E-state index < -0.39 is 0 Å². The quantitative estimate of drug-likeness (QED) is 0.721. The third-order valence-corrected chi connectivity index (χ3v) is 3.06. The number of anilines is 1. The largest absolute Gasteiger partial charge is 0.382 e. The first-order chi connectivity index (χ1) is 9.16. The minimum absolute atomic E-state index is 0.0200. The summed E-state index contributed by atoms with van der Waals surface area (Å²) in [5.74, 6) is 0.385. The third-order valence-electron chi connectivity index (χ3n) is 3.06. The Morgan fingerprint density at radius 3 is 2.53 bits per heavy atom. The number of nitrogens with zero attached hydrogens (tertiary/aromatic N) is 4. The molecule has 0 saturated heterocycles. The summed E-state index contributed by atoms with van der Waals surface area (Å²) in [6.45, 7) is 1.95. The predicted molar refractivity (Wildman–Crippen MR) is 73.7 cm³/mol. The summed E-state index contributed by atoms with van der Waals surface area (Å²) in [6.07, 6.45) is 3.13. The van der Waals surface area contributed by atoms with E-state index in [2.05, 4.69) is 15.0 Å². The molecule has 0 spiro atoms. The Morgan fingerprint density at radius 1 is 1.11 bits per heavy atom. The second-order valence-corrected chi connectivity index (χ2v) is 4.43. The number of nitrogens with two attached hydrogens (primary N) is 2. The molecule has 0 unspecified atom stereocenters. The monoisotopic (exact) mass is 254 g/mol. The van der Waals surface area contributed by atoms with Gasteiger partial charge < -0.3 is 11.5 Å². The van der Waals surface area contributed by atoms with Crippen molar-refractivity contribution in [1.29, 1.82) is 0 Å². The van der Waals surface area contributed by atoms with Crippen LogP contribution in [0.1, 0.15) is 18.5 Å². The van der Waals surface area contributed by atoms with Gasteiger partial charge in [-0.25, -0.2) is 15.0 Å². The fourth-order valence-corrected chi connectivity index (χ4v) is 1.98. The minimum Gasteiger partial charge on any atom is -0.382 e. The number of fused-ring (bicyclic) bond motifs is 1. The van der Waals surface area contributed by atoms with Gasteiger partial charge in [0.1, 0.15) is 12.7 Å². The summed E-state index contributed by atoms with van der Waals surface area (Å²) in [5.41, 5.74) is 15.0. The van der Waals surface area contributed by atoms with E-state index in [4.69, 9.17) is 11.5 Å². The second kappa shape index (κ2) is 4.33. The van der Waals surface area contributed by atoms with Crippen molar-refractivity contribution in [2.45, 2.75) is 13.0 Å². The van der Waals surface area contributed by atoms with Crippen LogP contribution in [0, 0.1) is 0 Å². The van der Waals surface area contributed by atoms with E-state index in [0.717, 1.165) is 11.3 Å². The van der Waals surface area contributed by atoms with Crippen molar-refractivity contribution in [3.8, 4) is 5.69 Å². The van der Waals surface area contributed by atoms with Gasteiger partial charge in [0.15, 0.2) is 17.0 Å². The highest BCUT2D eigenvalue weighted by Gasteiger charge is 2.09. The van der Waals surface area contributed by atoms with Crippen LogP contribution in [0.2, 0.25) is 0 Å². The molecule has 2 heterocycles. The lowest BCUT2D eigenvalue weighted by Gasteiger charge is -2.08. The zero-order valence-electron chi connectivity index (χ0n) is 10.5. The average Bonchev–Trinajstić information content (AvgIpc) is 2.84. The van der Waals surface area contributed by atoms with Crippen molar-refractivity contribution >= 4 is 17.0 Å². The van der Waals surface area contributed by atoms with Crippen molar-refractivity contribution in [3.05, 3.63) is 42.5 Å². The van der Waals surface area contributed by atoms with Gasteiger partial charge in [0.25, 0.3) is 0 Å². The van der Waals surface area contributed by atoms with E-state index in [1.165, 1.54) is 6.33 Å². The smallest absolute Gasteiger partial charge is 0.170 e. The molecule has 0 fully saturated rings. The van der Waals surface area contributed by atoms with E-state index in [1.807, 2.05) is 35.8 Å². The summed E-state index contributed by atoms with van der Waals surface area (Å²) < 4.78 is 1.87. The Morgan fingerprint density at radius 2 is 1.84 bits per heavy atom. The first-order valence-corrected chi connectivity index (χ1v) is 5.96. The number of rotatable bonds is 2. The van der Waals surface area contributed by atoms with Crippen molar-refractivity contribution in [1.82, 2.24) is 19.5 Å². The highest BCUT2D eigenvalue weighted by Crippen LogP contribution is 2.20. The standard InChI is InChI=1S/C13H14N6/c1-8(14)9-2-4-10(5-3-9)19-7-18-11-12(15)16-6-17-13(11)19/h2-8H,14H2,1H3,(H2,15,16,17)/t8-/m0/s1. The topological polar surface area (TPSA) is 95.6 Å². The first-order valence-electron chi connectivity index (χ1n) is 5.96. The molecular formula is C13H14N6. The number of aromatic nitrogens is 4. The SMILES string of the molecule is C[C@H](N)c1ccc(-n2cnc3c(N)ncnc32)cc1. The Kier molecular flexibility index (Phi) is 2.64. The second-order valence-electron chi connectivity index (χ2n) is 4.43. The van der Waals surface area contributed by atoms with Gasteiger partial charge in [0.05, 0.1) is 0 Å². The Labute approximate surface area is 110 Å². The number of hydrogen-bond donors (Lipinski definition) is 2. The van der Waals surface area contributed by atoms with Gasteiger partial charge in [0.2, 0.25) is 0 Å². The molecule has 96 valence electrons. The lowest BCUT2D eigenvalue weighted by molar-refractivity contribution is 0.817. The normalized spacial score (nSPS) is 12.7. The van der Waals surface area contributed by atoms with Crippen LogP contribution in [0.3, 0.4) is 0 Å². The van der Waals surface area contributed by atoms with E-state index in [9.17, 15) is 0 Å².